The molecule has 5 heteroatoms. The van der Waals surface area contributed by atoms with Crippen LogP contribution in [0, 0.1) is 0 Å². The number of carbonyl (C=O) groups excluding carboxylic acids is 2. The molecule has 0 radical (unpaired) electrons. The summed E-state index contributed by atoms with van der Waals surface area (Å²) < 4.78 is 2.01. The van der Waals surface area contributed by atoms with E-state index < -0.39 is 0 Å². The number of aromatic nitrogens is 1. The van der Waals surface area contributed by atoms with Crippen LogP contribution in [0.15, 0.2) is 79.1 Å². The van der Waals surface area contributed by atoms with E-state index in [1.165, 1.54) is 5.56 Å². The molecular formula is C24H25N3O2. The smallest absolute Gasteiger partial charge is 0.253 e. The van der Waals surface area contributed by atoms with E-state index in [0.717, 1.165) is 12.1 Å². The largest absolute Gasteiger partial charge is 0.339 e. The maximum absolute atomic E-state index is 12.8. The van der Waals surface area contributed by atoms with Gasteiger partial charge in [0, 0.05) is 56.2 Å². The van der Waals surface area contributed by atoms with Gasteiger partial charge in [-0.1, -0.05) is 30.3 Å². The van der Waals surface area contributed by atoms with E-state index in [4.69, 9.17) is 0 Å². The summed E-state index contributed by atoms with van der Waals surface area (Å²) in [6.07, 6.45) is 5.22. The Morgan fingerprint density at radius 1 is 0.724 bits per heavy atom. The fraction of sp³-hybridized carbons (Fsp3) is 0.250. The van der Waals surface area contributed by atoms with Gasteiger partial charge in [-0.2, -0.15) is 0 Å². The molecule has 0 atom stereocenters. The molecule has 0 bridgehead atoms. The van der Waals surface area contributed by atoms with Gasteiger partial charge < -0.3 is 14.4 Å². The first kappa shape index (κ1) is 19.0. The first-order valence-electron chi connectivity index (χ1n) is 10.0. The fourth-order valence-corrected chi connectivity index (χ4v) is 3.68. The van der Waals surface area contributed by atoms with Crippen molar-refractivity contribution in [2.75, 3.05) is 26.2 Å². The average Bonchev–Trinajstić information content (AvgIpc) is 3.33. The zero-order valence-electron chi connectivity index (χ0n) is 16.4. The monoisotopic (exact) mass is 387 g/mol. The second kappa shape index (κ2) is 8.78. The minimum absolute atomic E-state index is 0.0282. The molecule has 4 rings (SSSR count). The van der Waals surface area contributed by atoms with Crippen molar-refractivity contribution in [2.45, 2.75) is 12.8 Å². The van der Waals surface area contributed by atoms with Crippen LogP contribution in [0.3, 0.4) is 0 Å². The quantitative estimate of drug-likeness (QED) is 0.674. The Morgan fingerprint density at radius 3 is 2.00 bits per heavy atom. The van der Waals surface area contributed by atoms with Gasteiger partial charge in [0.1, 0.15) is 0 Å². The first-order chi connectivity index (χ1) is 14.2. The molecule has 0 saturated carbocycles. The Bertz CT molecular complexity index is 942. The molecule has 148 valence electrons. The zero-order valence-corrected chi connectivity index (χ0v) is 16.4. The summed E-state index contributed by atoms with van der Waals surface area (Å²) >= 11 is 0. The lowest BCUT2D eigenvalue weighted by Crippen LogP contribution is -2.50. The highest BCUT2D eigenvalue weighted by Crippen LogP contribution is 2.14. The highest BCUT2D eigenvalue weighted by Gasteiger charge is 2.24. The Balaban J connectivity index is 1.28. The van der Waals surface area contributed by atoms with Crippen molar-refractivity contribution in [1.29, 1.82) is 0 Å². The highest BCUT2D eigenvalue weighted by molar-refractivity contribution is 5.94. The van der Waals surface area contributed by atoms with Gasteiger partial charge in [0.15, 0.2) is 0 Å². The number of nitrogens with zero attached hydrogens (tertiary/aromatic N) is 3. The van der Waals surface area contributed by atoms with Crippen molar-refractivity contribution < 1.29 is 9.59 Å². The van der Waals surface area contributed by atoms with Crippen molar-refractivity contribution in [3.05, 3.63) is 90.3 Å². The second-order valence-corrected chi connectivity index (χ2v) is 7.30. The van der Waals surface area contributed by atoms with Gasteiger partial charge in [-0.05, 0) is 48.4 Å². The maximum atomic E-state index is 12.8. The number of rotatable bonds is 5. The van der Waals surface area contributed by atoms with E-state index in [-0.39, 0.29) is 11.8 Å². The highest BCUT2D eigenvalue weighted by atomic mass is 16.2. The van der Waals surface area contributed by atoms with Gasteiger partial charge in [-0.25, -0.2) is 0 Å². The maximum Gasteiger partial charge on any atom is 0.253 e. The molecule has 2 heterocycles. The molecule has 1 fully saturated rings. The number of amides is 2. The van der Waals surface area contributed by atoms with E-state index in [2.05, 4.69) is 0 Å². The fourth-order valence-electron chi connectivity index (χ4n) is 3.68. The molecular weight excluding hydrogens is 362 g/mol. The van der Waals surface area contributed by atoms with Crippen LogP contribution < -0.4 is 0 Å². The van der Waals surface area contributed by atoms with Crippen LogP contribution in [0.2, 0.25) is 0 Å². The Morgan fingerprint density at radius 2 is 1.34 bits per heavy atom. The summed E-state index contributed by atoms with van der Waals surface area (Å²) in [5, 5.41) is 0. The zero-order chi connectivity index (χ0) is 20.1. The van der Waals surface area contributed by atoms with Gasteiger partial charge in [0.25, 0.3) is 5.91 Å². The van der Waals surface area contributed by atoms with E-state index in [1.54, 1.807) is 0 Å². The Kier molecular flexibility index (Phi) is 5.75. The normalized spacial score (nSPS) is 14.1. The predicted molar refractivity (Wildman–Crippen MR) is 113 cm³/mol. The summed E-state index contributed by atoms with van der Waals surface area (Å²) in [4.78, 5) is 29.0. The molecule has 0 spiro atoms. The van der Waals surface area contributed by atoms with Crippen molar-refractivity contribution in [2.24, 2.45) is 0 Å². The molecule has 5 nitrogen and oxygen atoms in total. The van der Waals surface area contributed by atoms with Gasteiger partial charge >= 0.3 is 0 Å². The van der Waals surface area contributed by atoms with Crippen molar-refractivity contribution in [3.63, 3.8) is 0 Å². The summed E-state index contributed by atoms with van der Waals surface area (Å²) in [6.45, 7) is 2.35. The predicted octanol–water partition coefficient (Wildman–Crippen LogP) is 3.39. The van der Waals surface area contributed by atoms with E-state index in [1.807, 2.05) is 93.5 Å². The summed E-state index contributed by atoms with van der Waals surface area (Å²) in [5.41, 5.74) is 2.89. The first-order valence-corrected chi connectivity index (χ1v) is 10.0. The summed E-state index contributed by atoms with van der Waals surface area (Å²) in [7, 11) is 0. The molecule has 3 aromatic rings. The van der Waals surface area contributed by atoms with E-state index in [9.17, 15) is 9.59 Å². The van der Waals surface area contributed by atoms with Crippen LogP contribution in [-0.4, -0.2) is 52.4 Å². The summed E-state index contributed by atoms with van der Waals surface area (Å²) in [5.74, 6) is 0.192. The lowest BCUT2D eigenvalue weighted by Gasteiger charge is -2.35. The van der Waals surface area contributed by atoms with Crippen LogP contribution in [0.1, 0.15) is 22.3 Å². The molecule has 29 heavy (non-hydrogen) atoms. The molecule has 1 aliphatic heterocycles. The van der Waals surface area contributed by atoms with Gasteiger partial charge in [-0.3, -0.25) is 9.59 Å². The number of hydrogen-bond acceptors (Lipinski definition) is 2. The third-order valence-electron chi connectivity index (χ3n) is 5.41. The summed E-state index contributed by atoms with van der Waals surface area (Å²) in [6, 6.07) is 21.7. The molecule has 1 saturated heterocycles. The molecule has 1 aliphatic rings. The van der Waals surface area contributed by atoms with Gasteiger partial charge in [-0.15, -0.1) is 0 Å². The second-order valence-electron chi connectivity index (χ2n) is 7.30. The lowest BCUT2D eigenvalue weighted by atomic mass is 10.1. The third kappa shape index (κ3) is 4.57. The van der Waals surface area contributed by atoms with Crippen molar-refractivity contribution in [3.8, 4) is 5.69 Å². The Hall–Kier alpha value is -3.34. The van der Waals surface area contributed by atoms with Crippen molar-refractivity contribution in [1.82, 2.24) is 14.4 Å². The van der Waals surface area contributed by atoms with Gasteiger partial charge in [0.05, 0.1) is 0 Å². The number of piperazine rings is 1. The lowest BCUT2D eigenvalue weighted by molar-refractivity contribution is -0.132. The number of carbonyl (C=O) groups is 2. The number of benzene rings is 2. The average molecular weight is 387 g/mol. The molecule has 0 aliphatic carbocycles. The SMILES string of the molecule is O=C(CCc1ccccc1)N1CCN(C(=O)c2ccc(-n3cccc3)cc2)CC1. The van der Waals surface area contributed by atoms with Crippen LogP contribution >= 0.6 is 0 Å². The molecule has 0 unspecified atom stereocenters. The van der Waals surface area contributed by atoms with Crippen molar-refractivity contribution >= 4 is 11.8 Å². The third-order valence-corrected chi connectivity index (χ3v) is 5.41. The van der Waals surface area contributed by atoms with Crippen LogP contribution in [-0.2, 0) is 11.2 Å². The topological polar surface area (TPSA) is 45.6 Å². The van der Waals surface area contributed by atoms with E-state index in [0.29, 0.717) is 38.2 Å². The molecule has 1 aromatic heterocycles. The number of aryl methyl sites for hydroxylation is 1. The molecule has 2 aromatic carbocycles. The van der Waals surface area contributed by atoms with E-state index >= 15 is 0 Å². The minimum Gasteiger partial charge on any atom is -0.339 e. The molecule has 0 N–H and O–H groups in total. The van der Waals surface area contributed by atoms with Crippen LogP contribution in [0.25, 0.3) is 5.69 Å². The minimum atomic E-state index is 0.0282. The van der Waals surface area contributed by atoms with Crippen LogP contribution in [0.5, 0.6) is 0 Å². The standard InChI is InChI=1S/C24H25N3O2/c28-23(13-8-20-6-2-1-3-7-20)26-16-18-27(19-17-26)24(29)21-9-11-22(12-10-21)25-14-4-5-15-25/h1-7,9-12,14-15H,8,13,16-19H2. The van der Waals surface area contributed by atoms with Gasteiger partial charge in [0.2, 0.25) is 5.91 Å². The Labute approximate surface area is 171 Å². The number of hydrogen-bond donors (Lipinski definition) is 0. The van der Waals surface area contributed by atoms with Crippen LogP contribution in [0.4, 0.5) is 0 Å². The molecule has 2 amide bonds.